The van der Waals surface area contributed by atoms with E-state index in [9.17, 15) is 8.78 Å². The summed E-state index contributed by atoms with van der Waals surface area (Å²) in [6.07, 6.45) is 1.47. The van der Waals surface area contributed by atoms with Crippen LogP contribution in [0.3, 0.4) is 0 Å². The molecule has 0 aliphatic rings. The van der Waals surface area contributed by atoms with E-state index in [1.807, 2.05) is 36.7 Å². The first-order valence-electron chi connectivity index (χ1n) is 7.88. The predicted octanol–water partition coefficient (Wildman–Crippen LogP) is 4.35. The van der Waals surface area contributed by atoms with Crippen LogP contribution in [-0.2, 0) is 0 Å². The van der Waals surface area contributed by atoms with Crippen molar-refractivity contribution in [3.8, 4) is 22.5 Å². The lowest BCUT2D eigenvalue weighted by Gasteiger charge is -2.08. The van der Waals surface area contributed by atoms with E-state index in [2.05, 4.69) is 20.3 Å². The Morgan fingerprint density at radius 3 is 2.72 bits per heavy atom. The number of nitrogens with one attached hydrogen (secondary N) is 1. The number of imidazole rings is 1. The summed E-state index contributed by atoms with van der Waals surface area (Å²) in [6.45, 7) is 4.03. The average Bonchev–Trinajstić information content (AvgIpc) is 3.22. The second-order valence-electron chi connectivity index (χ2n) is 6.08. The van der Waals surface area contributed by atoms with E-state index in [0.29, 0.717) is 11.4 Å². The topological polar surface area (TPSA) is 59.4 Å². The number of hydrogen-bond acceptors (Lipinski definition) is 3. The zero-order chi connectivity index (χ0) is 17.6. The summed E-state index contributed by atoms with van der Waals surface area (Å²) < 4.78 is 29.5. The Morgan fingerprint density at radius 2 is 1.92 bits per heavy atom. The quantitative estimate of drug-likeness (QED) is 0.604. The van der Waals surface area contributed by atoms with Crippen LogP contribution in [-0.4, -0.2) is 25.0 Å². The van der Waals surface area contributed by atoms with E-state index in [1.165, 1.54) is 6.33 Å². The summed E-state index contributed by atoms with van der Waals surface area (Å²) >= 11 is 0. The second kappa shape index (κ2) is 5.77. The van der Waals surface area contributed by atoms with Crippen LogP contribution in [0, 0.1) is 11.6 Å². The van der Waals surface area contributed by atoms with E-state index in [1.54, 1.807) is 0 Å². The molecule has 126 valence electrons. The molecule has 5 nitrogen and oxygen atoms in total. The molecule has 0 spiro atoms. The molecule has 0 unspecified atom stereocenters. The maximum absolute atomic E-state index is 14.2. The second-order valence-corrected chi connectivity index (χ2v) is 6.08. The lowest BCUT2D eigenvalue weighted by atomic mass is 10.0. The summed E-state index contributed by atoms with van der Waals surface area (Å²) in [4.78, 5) is 7.22. The van der Waals surface area contributed by atoms with Gasteiger partial charge in [0.25, 0.3) is 0 Å². The standard InChI is InChI=1S/C18H15F2N5/c1-10(2)25-16-7-11(3-6-15(16)23-24-25)17-18(22-9-21-17)13-8-12(19)4-5-14(13)20/h3-10H,1-2H3,(H,21,22). The van der Waals surface area contributed by atoms with Crippen LogP contribution in [0.4, 0.5) is 8.78 Å². The summed E-state index contributed by atoms with van der Waals surface area (Å²) in [5, 5.41) is 8.30. The highest BCUT2D eigenvalue weighted by molar-refractivity contribution is 5.85. The minimum atomic E-state index is -0.512. The van der Waals surface area contributed by atoms with Crippen LogP contribution in [0.2, 0.25) is 0 Å². The van der Waals surface area contributed by atoms with E-state index >= 15 is 0 Å². The molecular weight excluding hydrogens is 324 g/mol. The third-order valence-electron chi connectivity index (χ3n) is 4.07. The molecular formula is C18H15F2N5. The molecule has 0 amide bonds. The van der Waals surface area contributed by atoms with Gasteiger partial charge in [-0.1, -0.05) is 11.3 Å². The van der Waals surface area contributed by atoms with E-state index in [4.69, 9.17) is 0 Å². The Bertz CT molecular complexity index is 1060. The van der Waals surface area contributed by atoms with Gasteiger partial charge in [-0.25, -0.2) is 18.4 Å². The Labute approximate surface area is 142 Å². The van der Waals surface area contributed by atoms with Gasteiger partial charge in [-0.3, -0.25) is 0 Å². The van der Waals surface area contributed by atoms with Gasteiger partial charge in [0.2, 0.25) is 0 Å². The molecule has 2 aromatic heterocycles. The first-order chi connectivity index (χ1) is 12.0. The highest BCUT2D eigenvalue weighted by Gasteiger charge is 2.17. The zero-order valence-electron chi connectivity index (χ0n) is 13.7. The number of halogens is 2. The normalized spacial score (nSPS) is 11.6. The van der Waals surface area contributed by atoms with Gasteiger partial charge in [-0.2, -0.15) is 0 Å². The highest BCUT2D eigenvalue weighted by atomic mass is 19.1. The van der Waals surface area contributed by atoms with Crippen LogP contribution in [0.1, 0.15) is 19.9 Å². The third-order valence-corrected chi connectivity index (χ3v) is 4.07. The molecule has 0 saturated carbocycles. The number of aromatic nitrogens is 5. The smallest absolute Gasteiger partial charge is 0.132 e. The summed E-state index contributed by atoms with van der Waals surface area (Å²) in [5.41, 5.74) is 3.52. The van der Waals surface area contributed by atoms with Crippen molar-refractivity contribution in [3.05, 3.63) is 54.4 Å². The van der Waals surface area contributed by atoms with Crippen LogP contribution in [0.15, 0.2) is 42.7 Å². The molecule has 4 rings (SSSR count). The van der Waals surface area contributed by atoms with Crippen molar-refractivity contribution in [2.45, 2.75) is 19.9 Å². The van der Waals surface area contributed by atoms with E-state index in [-0.39, 0.29) is 11.6 Å². The van der Waals surface area contributed by atoms with Gasteiger partial charge in [0.05, 0.1) is 23.2 Å². The molecule has 0 atom stereocenters. The molecule has 4 aromatic rings. The minimum Gasteiger partial charge on any atom is -0.344 e. The monoisotopic (exact) mass is 339 g/mol. The molecule has 0 fully saturated rings. The fourth-order valence-electron chi connectivity index (χ4n) is 2.87. The van der Waals surface area contributed by atoms with Gasteiger partial charge in [0.1, 0.15) is 17.2 Å². The number of nitrogens with zero attached hydrogens (tertiary/aromatic N) is 4. The number of fused-ring (bicyclic) bond motifs is 1. The van der Waals surface area contributed by atoms with Crippen molar-refractivity contribution in [2.75, 3.05) is 0 Å². The fraction of sp³-hybridized carbons (Fsp3) is 0.167. The first kappa shape index (κ1) is 15.4. The molecule has 25 heavy (non-hydrogen) atoms. The molecule has 7 heteroatoms. The van der Waals surface area contributed by atoms with Crippen LogP contribution in [0.5, 0.6) is 0 Å². The van der Waals surface area contributed by atoms with Crippen molar-refractivity contribution < 1.29 is 8.78 Å². The van der Waals surface area contributed by atoms with E-state index in [0.717, 1.165) is 34.8 Å². The van der Waals surface area contributed by atoms with Gasteiger partial charge >= 0.3 is 0 Å². The Balaban J connectivity index is 1.89. The molecule has 0 saturated heterocycles. The number of rotatable bonds is 3. The zero-order valence-corrected chi connectivity index (χ0v) is 13.7. The summed E-state index contributed by atoms with van der Waals surface area (Å²) in [5.74, 6) is -1.02. The Hall–Kier alpha value is -3.09. The summed E-state index contributed by atoms with van der Waals surface area (Å²) in [6, 6.07) is 9.11. The fourth-order valence-corrected chi connectivity index (χ4v) is 2.87. The molecule has 2 heterocycles. The first-order valence-corrected chi connectivity index (χ1v) is 7.88. The van der Waals surface area contributed by atoms with Crippen molar-refractivity contribution in [1.29, 1.82) is 0 Å². The SMILES string of the molecule is CC(C)n1nnc2ccc(-c3nc[nH]c3-c3cc(F)ccc3F)cc21. The van der Waals surface area contributed by atoms with Crippen LogP contribution >= 0.6 is 0 Å². The maximum atomic E-state index is 14.2. The van der Waals surface area contributed by atoms with Crippen molar-refractivity contribution in [3.63, 3.8) is 0 Å². The molecule has 0 bridgehead atoms. The van der Waals surface area contributed by atoms with E-state index < -0.39 is 11.6 Å². The third kappa shape index (κ3) is 2.57. The van der Waals surface area contributed by atoms with Crippen LogP contribution in [0.25, 0.3) is 33.5 Å². The van der Waals surface area contributed by atoms with Crippen molar-refractivity contribution >= 4 is 11.0 Å². The van der Waals surface area contributed by atoms with Crippen LogP contribution < -0.4 is 0 Å². The molecule has 1 N–H and O–H groups in total. The van der Waals surface area contributed by atoms with Gasteiger partial charge in [-0.05, 0) is 44.2 Å². The predicted molar refractivity (Wildman–Crippen MR) is 90.8 cm³/mol. The van der Waals surface area contributed by atoms with Gasteiger partial charge in [0, 0.05) is 17.2 Å². The molecule has 0 aliphatic heterocycles. The molecule has 0 aliphatic carbocycles. The summed E-state index contributed by atoms with van der Waals surface area (Å²) in [7, 11) is 0. The van der Waals surface area contributed by atoms with Gasteiger partial charge < -0.3 is 4.98 Å². The minimum absolute atomic E-state index is 0.142. The lowest BCUT2D eigenvalue weighted by molar-refractivity contribution is 0.530. The highest BCUT2D eigenvalue weighted by Crippen LogP contribution is 2.32. The number of aromatic amines is 1. The number of benzene rings is 2. The van der Waals surface area contributed by atoms with Gasteiger partial charge in [0.15, 0.2) is 0 Å². The Kier molecular flexibility index (Phi) is 3.56. The number of hydrogen-bond donors (Lipinski definition) is 1. The lowest BCUT2D eigenvalue weighted by Crippen LogP contribution is -2.02. The van der Waals surface area contributed by atoms with Gasteiger partial charge in [-0.15, -0.1) is 5.10 Å². The number of H-pyrrole nitrogens is 1. The maximum Gasteiger partial charge on any atom is 0.132 e. The average molecular weight is 339 g/mol. The largest absolute Gasteiger partial charge is 0.344 e. The van der Waals surface area contributed by atoms with Crippen molar-refractivity contribution in [2.24, 2.45) is 0 Å². The molecule has 2 aromatic carbocycles. The molecule has 0 radical (unpaired) electrons. The Morgan fingerprint density at radius 1 is 1.08 bits per heavy atom. The van der Waals surface area contributed by atoms with Crippen molar-refractivity contribution in [1.82, 2.24) is 25.0 Å².